The van der Waals surface area contributed by atoms with Gasteiger partial charge in [0.2, 0.25) is 0 Å². The maximum absolute atomic E-state index is 12.8. The minimum Gasteiger partial charge on any atom is -0.462 e. The van der Waals surface area contributed by atoms with Crippen LogP contribution in [0.15, 0.2) is 97.2 Å². The Hall–Kier alpha value is -3.67. The van der Waals surface area contributed by atoms with Crippen molar-refractivity contribution in [3.63, 3.8) is 0 Å². The van der Waals surface area contributed by atoms with Crippen molar-refractivity contribution in [3.05, 3.63) is 97.2 Å². The first kappa shape index (κ1) is 74.3. The van der Waals surface area contributed by atoms with Gasteiger partial charge in [-0.05, 0) is 83.5 Å². The molecule has 0 amide bonds. The second kappa shape index (κ2) is 65.8. The van der Waals surface area contributed by atoms with E-state index in [2.05, 4.69) is 106 Å². The average molecular weight is 1090 g/mol. The van der Waals surface area contributed by atoms with Crippen LogP contribution in [-0.4, -0.2) is 37.2 Å². The maximum Gasteiger partial charge on any atom is 0.310 e. The SMILES string of the molecule is CC/C=C\C/C=C\C/C=C\C/C=C\C/C=C\CC(=O)OC(COC(=O)CCCCCCCCCCCCCCCC)COC(=O)CCCCCCCCCCCCCCCCCC/C=C\C/C=C\C/C=C\CCCCCCC. The standard InChI is InChI=1S/C72H124O6/c1-4-7-10-13-16-19-22-25-28-29-30-31-32-33-34-35-36-37-38-39-40-41-42-43-45-47-50-53-56-59-62-65-71(74)77-68-69(67-76-70(73)64-61-58-55-52-49-46-27-24-21-18-15-12-9-6-3)78-72(75)66-63-60-57-54-51-48-44-26-23-20-17-14-11-8-5-2/h8,11,17,20,22,25-26,29-30,32-33,44,51,54,60,63,69H,4-7,9-10,12-16,18-19,21,23-24,27-28,31,34-43,45-50,52-53,55-59,61-62,64-68H2,1-3H3/b11-8-,20-17-,25-22-,30-29-,33-32-,44-26-,54-51-,63-60-. The first-order valence-corrected chi connectivity index (χ1v) is 33.2. The van der Waals surface area contributed by atoms with Crippen molar-refractivity contribution in [1.29, 1.82) is 0 Å². The number of unbranched alkanes of at least 4 members (excludes halogenated alkanes) is 34. The minimum absolute atomic E-state index is 0.0983. The van der Waals surface area contributed by atoms with E-state index in [9.17, 15) is 14.4 Å². The highest BCUT2D eigenvalue weighted by molar-refractivity contribution is 5.72. The highest BCUT2D eigenvalue weighted by Crippen LogP contribution is 2.17. The number of esters is 3. The van der Waals surface area contributed by atoms with Crippen molar-refractivity contribution in [2.45, 2.75) is 329 Å². The van der Waals surface area contributed by atoms with Crippen molar-refractivity contribution in [3.8, 4) is 0 Å². The van der Waals surface area contributed by atoms with E-state index in [1.165, 1.54) is 199 Å². The van der Waals surface area contributed by atoms with Crippen molar-refractivity contribution in [2.24, 2.45) is 0 Å². The number of hydrogen-bond donors (Lipinski definition) is 0. The number of ether oxygens (including phenoxy) is 3. The number of carbonyl (C=O) groups is 3. The summed E-state index contributed by atoms with van der Waals surface area (Å²) in [5.74, 6) is -1.03. The van der Waals surface area contributed by atoms with Crippen LogP contribution >= 0.6 is 0 Å². The Morgan fingerprint density at radius 2 is 0.538 bits per heavy atom. The van der Waals surface area contributed by atoms with Crippen molar-refractivity contribution in [1.82, 2.24) is 0 Å². The lowest BCUT2D eigenvalue weighted by Crippen LogP contribution is -2.30. The summed E-state index contributed by atoms with van der Waals surface area (Å²) in [4.78, 5) is 38.2. The predicted octanol–water partition coefficient (Wildman–Crippen LogP) is 22.8. The van der Waals surface area contributed by atoms with Gasteiger partial charge in [0.1, 0.15) is 13.2 Å². The van der Waals surface area contributed by atoms with E-state index in [1.807, 2.05) is 6.08 Å². The molecule has 0 aliphatic heterocycles. The van der Waals surface area contributed by atoms with Gasteiger partial charge in [0.25, 0.3) is 0 Å². The lowest BCUT2D eigenvalue weighted by atomic mass is 10.0. The van der Waals surface area contributed by atoms with Crippen molar-refractivity contribution < 1.29 is 28.6 Å². The van der Waals surface area contributed by atoms with Crippen LogP contribution in [0.4, 0.5) is 0 Å². The molecule has 78 heavy (non-hydrogen) atoms. The van der Waals surface area contributed by atoms with E-state index in [0.717, 1.165) is 83.5 Å². The molecule has 0 aromatic rings. The largest absolute Gasteiger partial charge is 0.462 e. The predicted molar refractivity (Wildman–Crippen MR) is 339 cm³/mol. The Balaban J connectivity index is 4.25. The van der Waals surface area contributed by atoms with Gasteiger partial charge in [-0.1, -0.05) is 317 Å². The summed E-state index contributed by atoms with van der Waals surface area (Å²) in [7, 11) is 0. The van der Waals surface area contributed by atoms with Gasteiger partial charge in [-0.15, -0.1) is 0 Å². The average Bonchev–Trinajstić information content (AvgIpc) is 3.44. The van der Waals surface area contributed by atoms with Gasteiger partial charge in [-0.2, -0.15) is 0 Å². The van der Waals surface area contributed by atoms with Gasteiger partial charge in [-0.3, -0.25) is 14.4 Å². The normalized spacial score (nSPS) is 12.7. The molecular formula is C72H124O6. The molecule has 0 spiro atoms. The molecule has 0 aliphatic carbocycles. The van der Waals surface area contributed by atoms with Crippen LogP contribution in [0.3, 0.4) is 0 Å². The molecule has 0 N–H and O–H groups in total. The van der Waals surface area contributed by atoms with E-state index in [4.69, 9.17) is 14.2 Å². The Bertz CT molecular complexity index is 1530. The minimum atomic E-state index is -0.831. The summed E-state index contributed by atoms with van der Waals surface area (Å²) in [6.07, 6.45) is 88.9. The molecule has 0 heterocycles. The summed E-state index contributed by atoms with van der Waals surface area (Å²) in [5, 5.41) is 0. The number of rotatable bonds is 60. The van der Waals surface area contributed by atoms with E-state index in [1.54, 1.807) is 6.08 Å². The molecule has 0 aromatic heterocycles. The quantitative estimate of drug-likeness (QED) is 0.0261. The summed E-state index contributed by atoms with van der Waals surface area (Å²) >= 11 is 0. The monoisotopic (exact) mass is 1080 g/mol. The zero-order valence-electron chi connectivity index (χ0n) is 51.4. The number of hydrogen-bond acceptors (Lipinski definition) is 6. The van der Waals surface area contributed by atoms with E-state index in [0.29, 0.717) is 12.8 Å². The molecule has 0 aliphatic rings. The van der Waals surface area contributed by atoms with E-state index in [-0.39, 0.29) is 31.6 Å². The van der Waals surface area contributed by atoms with Crippen LogP contribution in [0.2, 0.25) is 0 Å². The van der Waals surface area contributed by atoms with Crippen LogP contribution in [0.1, 0.15) is 323 Å². The van der Waals surface area contributed by atoms with Gasteiger partial charge in [0.15, 0.2) is 6.10 Å². The fourth-order valence-corrected chi connectivity index (χ4v) is 9.41. The summed E-state index contributed by atoms with van der Waals surface area (Å²) in [6, 6.07) is 0. The van der Waals surface area contributed by atoms with Crippen LogP contribution < -0.4 is 0 Å². The molecule has 1 atom stereocenters. The van der Waals surface area contributed by atoms with E-state index >= 15 is 0 Å². The summed E-state index contributed by atoms with van der Waals surface area (Å²) in [6.45, 7) is 6.46. The lowest BCUT2D eigenvalue weighted by Gasteiger charge is -2.18. The second-order valence-corrected chi connectivity index (χ2v) is 22.0. The highest BCUT2D eigenvalue weighted by atomic mass is 16.6. The first-order valence-electron chi connectivity index (χ1n) is 33.2. The van der Waals surface area contributed by atoms with Crippen molar-refractivity contribution in [2.75, 3.05) is 13.2 Å². The molecule has 6 nitrogen and oxygen atoms in total. The zero-order valence-corrected chi connectivity index (χ0v) is 51.4. The third-order valence-corrected chi connectivity index (χ3v) is 14.4. The Labute approximate surface area is 483 Å². The Kier molecular flexibility index (Phi) is 62.7. The van der Waals surface area contributed by atoms with E-state index < -0.39 is 12.1 Å². The van der Waals surface area contributed by atoms with Crippen molar-refractivity contribution >= 4 is 17.9 Å². The first-order chi connectivity index (χ1) is 38.5. The molecule has 0 bridgehead atoms. The smallest absolute Gasteiger partial charge is 0.310 e. The van der Waals surface area contributed by atoms with Crippen LogP contribution in [0.25, 0.3) is 0 Å². The summed E-state index contributed by atoms with van der Waals surface area (Å²) < 4.78 is 16.8. The molecule has 6 heteroatoms. The molecule has 0 saturated heterocycles. The van der Waals surface area contributed by atoms with Gasteiger partial charge < -0.3 is 14.2 Å². The van der Waals surface area contributed by atoms with Crippen LogP contribution in [0.5, 0.6) is 0 Å². The molecule has 0 aromatic carbocycles. The van der Waals surface area contributed by atoms with Gasteiger partial charge >= 0.3 is 17.9 Å². The molecule has 448 valence electrons. The number of carbonyl (C=O) groups excluding carboxylic acids is 3. The molecular weight excluding hydrogens is 961 g/mol. The van der Waals surface area contributed by atoms with Gasteiger partial charge in [-0.25, -0.2) is 0 Å². The topological polar surface area (TPSA) is 78.9 Å². The fourth-order valence-electron chi connectivity index (χ4n) is 9.41. The van der Waals surface area contributed by atoms with Gasteiger partial charge in [0, 0.05) is 12.8 Å². The maximum atomic E-state index is 12.8. The lowest BCUT2D eigenvalue weighted by molar-refractivity contribution is -0.166. The van der Waals surface area contributed by atoms with Gasteiger partial charge in [0.05, 0.1) is 6.42 Å². The molecule has 0 radical (unpaired) electrons. The molecule has 1 unspecified atom stereocenters. The molecule has 0 fully saturated rings. The Morgan fingerprint density at radius 1 is 0.282 bits per heavy atom. The highest BCUT2D eigenvalue weighted by Gasteiger charge is 2.19. The Morgan fingerprint density at radius 3 is 0.846 bits per heavy atom. The fraction of sp³-hybridized carbons (Fsp3) is 0.736. The third kappa shape index (κ3) is 63.2. The molecule has 0 rings (SSSR count). The second-order valence-electron chi connectivity index (χ2n) is 22.0. The molecule has 0 saturated carbocycles. The summed E-state index contributed by atoms with van der Waals surface area (Å²) in [5.41, 5.74) is 0. The van der Waals surface area contributed by atoms with Crippen LogP contribution in [-0.2, 0) is 28.6 Å². The number of allylic oxidation sites excluding steroid dienone is 15. The zero-order chi connectivity index (χ0) is 56.4. The third-order valence-electron chi connectivity index (χ3n) is 14.4. The van der Waals surface area contributed by atoms with Crippen LogP contribution in [0, 0.1) is 0 Å².